The fourth-order valence-electron chi connectivity index (χ4n) is 2.55. The monoisotopic (exact) mass is 302 g/mol. The molecule has 0 aliphatic rings. The van der Waals surface area contributed by atoms with E-state index in [4.69, 9.17) is 0 Å². The van der Waals surface area contributed by atoms with E-state index in [1.807, 2.05) is 65.4 Å². The van der Waals surface area contributed by atoms with Crippen LogP contribution in [0.4, 0.5) is 11.6 Å². The Labute approximate surface area is 132 Å². The summed E-state index contributed by atoms with van der Waals surface area (Å²) in [4.78, 5) is 8.81. The number of nitrogens with zero attached hydrogens (tertiary/aromatic N) is 3. The molecule has 2 aromatic heterocycles. The number of aromatic hydroxyl groups is 1. The predicted octanol–water partition coefficient (Wildman–Crippen LogP) is 3.87. The quantitative estimate of drug-likeness (QED) is 0.603. The maximum atomic E-state index is 9.92. The van der Waals surface area contributed by atoms with Gasteiger partial charge in [0.15, 0.2) is 0 Å². The Morgan fingerprint density at radius 1 is 0.913 bits per heavy atom. The number of aromatic nitrogens is 3. The van der Waals surface area contributed by atoms with Crippen LogP contribution in [0.5, 0.6) is 5.75 Å². The normalized spacial score (nSPS) is 10.8. The van der Waals surface area contributed by atoms with Crippen LogP contribution in [0.25, 0.3) is 16.7 Å². The second-order valence-electron chi connectivity index (χ2n) is 5.13. The first-order chi connectivity index (χ1) is 11.3. The summed E-state index contributed by atoms with van der Waals surface area (Å²) >= 11 is 0. The van der Waals surface area contributed by atoms with Gasteiger partial charge in [-0.05, 0) is 36.4 Å². The highest BCUT2D eigenvalue weighted by molar-refractivity contribution is 5.87. The minimum atomic E-state index is 0.262. The highest BCUT2D eigenvalue weighted by atomic mass is 16.3. The van der Waals surface area contributed by atoms with Gasteiger partial charge in [0, 0.05) is 23.5 Å². The molecule has 0 bridgehead atoms. The molecule has 4 rings (SSSR count). The highest BCUT2D eigenvalue weighted by Crippen LogP contribution is 2.27. The molecular formula is C18H14N4O. The van der Waals surface area contributed by atoms with E-state index in [0.29, 0.717) is 5.95 Å². The van der Waals surface area contributed by atoms with E-state index in [-0.39, 0.29) is 5.75 Å². The third kappa shape index (κ3) is 2.48. The summed E-state index contributed by atoms with van der Waals surface area (Å²) in [5.74, 6) is 1.52. The first kappa shape index (κ1) is 13.3. The van der Waals surface area contributed by atoms with E-state index in [2.05, 4.69) is 15.3 Å². The summed E-state index contributed by atoms with van der Waals surface area (Å²) in [6.45, 7) is 0. The molecule has 0 saturated carbocycles. The molecule has 0 aliphatic carbocycles. The smallest absolute Gasteiger partial charge is 0.229 e. The molecule has 23 heavy (non-hydrogen) atoms. The number of fused-ring (bicyclic) bond motifs is 1. The Morgan fingerprint density at radius 2 is 1.78 bits per heavy atom. The minimum absolute atomic E-state index is 0.262. The third-order valence-electron chi connectivity index (χ3n) is 3.63. The molecule has 2 N–H and O–H groups in total. The van der Waals surface area contributed by atoms with E-state index >= 15 is 0 Å². The summed E-state index contributed by atoms with van der Waals surface area (Å²) in [6.07, 6.45) is 3.60. The number of hydrogen-bond acceptors (Lipinski definition) is 4. The van der Waals surface area contributed by atoms with Crippen LogP contribution in [-0.4, -0.2) is 19.6 Å². The van der Waals surface area contributed by atoms with Crippen molar-refractivity contribution in [1.29, 1.82) is 0 Å². The van der Waals surface area contributed by atoms with Gasteiger partial charge in [-0.1, -0.05) is 24.3 Å². The summed E-state index contributed by atoms with van der Waals surface area (Å²) in [7, 11) is 0. The van der Waals surface area contributed by atoms with Crippen molar-refractivity contribution in [3.05, 3.63) is 73.1 Å². The van der Waals surface area contributed by atoms with Gasteiger partial charge >= 0.3 is 0 Å². The lowest BCUT2D eigenvalue weighted by Gasteiger charge is -2.08. The molecule has 0 atom stereocenters. The number of rotatable bonds is 3. The second kappa shape index (κ2) is 5.46. The van der Waals surface area contributed by atoms with E-state index in [0.717, 1.165) is 22.4 Å². The molecule has 112 valence electrons. The van der Waals surface area contributed by atoms with Crippen LogP contribution < -0.4 is 5.32 Å². The number of nitrogens with one attached hydrogen (secondary N) is 1. The van der Waals surface area contributed by atoms with E-state index in [9.17, 15) is 5.11 Å². The van der Waals surface area contributed by atoms with Crippen LogP contribution in [0.3, 0.4) is 0 Å². The summed E-state index contributed by atoms with van der Waals surface area (Å²) < 4.78 is 1.92. The lowest BCUT2D eigenvalue weighted by molar-refractivity contribution is 0.481. The number of para-hydroxylation sites is 1. The average molecular weight is 302 g/mol. The first-order valence-corrected chi connectivity index (χ1v) is 7.26. The Kier molecular flexibility index (Phi) is 3.16. The van der Waals surface area contributed by atoms with Crippen molar-refractivity contribution in [2.45, 2.75) is 0 Å². The van der Waals surface area contributed by atoms with Gasteiger partial charge in [0.25, 0.3) is 0 Å². The topological polar surface area (TPSA) is 63.0 Å². The fraction of sp³-hybridized carbons (Fsp3) is 0. The molecule has 0 aliphatic heterocycles. The number of benzene rings is 2. The van der Waals surface area contributed by atoms with Crippen LogP contribution in [-0.2, 0) is 0 Å². The fourth-order valence-corrected chi connectivity index (χ4v) is 2.55. The number of hydrogen-bond donors (Lipinski definition) is 2. The molecule has 0 amide bonds. The van der Waals surface area contributed by atoms with E-state index < -0.39 is 0 Å². The highest BCUT2D eigenvalue weighted by Gasteiger charge is 2.08. The predicted molar refractivity (Wildman–Crippen MR) is 90.3 cm³/mol. The van der Waals surface area contributed by atoms with Crippen molar-refractivity contribution in [2.75, 3.05) is 5.32 Å². The molecule has 0 spiro atoms. The van der Waals surface area contributed by atoms with Gasteiger partial charge in [0.2, 0.25) is 5.95 Å². The molecule has 2 aromatic carbocycles. The average Bonchev–Trinajstić information content (AvgIpc) is 3.02. The van der Waals surface area contributed by atoms with Gasteiger partial charge in [-0.15, -0.1) is 0 Å². The van der Waals surface area contributed by atoms with Crippen molar-refractivity contribution >= 4 is 22.5 Å². The zero-order valence-corrected chi connectivity index (χ0v) is 12.2. The van der Waals surface area contributed by atoms with E-state index in [1.165, 1.54) is 0 Å². The van der Waals surface area contributed by atoms with Crippen LogP contribution in [0.2, 0.25) is 0 Å². The third-order valence-corrected chi connectivity index (χ3v) is 3.63. The number of phenols is 1. The van der Waals surface area contributed by atoms with Gasteiger partial charge < -0.3 is 15.0 Å². The Morgan fingerprint density at radius 3 is 2.65 bits per heavy atom. The first-order valence-electron chi connectivity index (χ1n) is 7.26. The standard InChI is InChI=1S/C18H14N4O/c23-16-8-4-7-15-14(16)10-12-22(15)17-9-11-19-18(21-17)20-13-5-2-1-3-6-13/h1-12,23H,(H,19,20,21). The SMILES string of the molecule is Oc1cccc2c1ccn2-c1ccnc(Nc2ccccc2)n1. The Bertz CT molecular complexity index is 963. The van der Waals surface area contributed by atoms with Crippen molar-refractivity contribution in [2.24, 2.45) is 0 Å². The summed E-state index contributed by atoms with van der Waals surface area (Å²) in [5.41, 5.74) is 1.83. The molecule has 0 unspecified atom stereocenters. The summed E-state index contributed by atoms with van der Waals surface area (Å²) in [5, 5.41) is 13.9. The molecule has 0 radical (unpaired) electrons. The van der Waals surface area contributed by atoms with Crippen molar-refractivity contribution < 1.29 is 5.11 Å². The number of phenolic OH excluding ortho intramolecular Hbond substituents is 1. The number of anilines is 2. The van der Waals surface area contributed by atoms with Gasteiger partial charge in [-0.3, -0.25) is 0 Å². The largest absolute Gasteiger partial charge is 0.507 e. The van der Waals surface area contributed by atoms with Gasteiger partial charge in [0.1, 0.15) is 11.6 Å². The van der Waals surface area contributed by atoms with Crippen molar-refractivity contribution in [3.8, 4) is 11.6 Å². The second-order valence-corrected chi connectivity index (χ2v) is 5.13. The zero-order chi connectivity index (χ0) is 15.6. The lowest BCUT2D eigenvalue weighted by atomic mass is 10.2. The molecule has 2 heterocycles. The van der Waals surface area contributed by atoms with Crippen LogP contribution >= 0.6 is 0 Å². The van der Waals surface area contributed by atoms with Crippen molar-refractivity contribution in [3.63, 3.8) is 0 Å². The lowest BCUT2D eigenvalue weighted by Crippen LogP contribution is -2.01. The Hall–Kier alpha value is -3.34. The van der Waals surface area contributed by atoms with Gasteiger partial charge in [0.05, 0.1) is 5.52 Å². The molecule has 0 saturated heterocycles. The minimum Gasteiger partial charge on any atom is -0.507 e. The van der Waals surface area contributed by atoms with Crippen LogP contribution in [0.1, 0.15) is 0 Å². The van der Waals surface area contributed by atoms with Crippen LogP contribution in [0, 0.1) is 0 Å². The summed E-state index contributed by atoms with van der Waals surface area (Å²) in [6, 6.07) is 18.9. The van der Waals surface area contributed by atoms with Crippen LogP contribution in [0.15, 0.2) is 73.1 Å². The maximum absolute atomic E-state index is 9.92. The van der Waals surface area contributed by atoms with E-state index in [1.54, 1.807) is 12.3 Å². The van der Waals surface area contributed by atoms with Crippen molar-refractivity contribution in [1.82, 2.24) is 14.5 Å². The molecular weight excluding hydrogens is 288 g/mol. The molecule has 5 heteroatoms. The van der Waals surface area contributed by atoms with Gasteiger partial charge in [-0.25, -0.2) is 4.98 Å². The molecule has 5 nitrogen and oxygen atoms in total. The maximum Gasteiger partial charge on any atom is 0.229 e. The zero-order valence-electron chi connectivity index (χ0n) is 12.2. The Balaban J connectivity index is 1.74. The molecule has 4 aromatic rings. The van der Waals surface area contributed by atoms with Gasteiger partial charge in [-0.2, -0.15) is 4.98 Å². The molecule has 0 fully saturated rings.